The lowest BCUT2D eigenvalue weighted by molar-refractivity contribution is -0.127. The summed E-state index contributed by atoms with van der Waals surface area (Å²) in [5.74, 6) is -4.38. The molecule has 162 valence electrons. The van der Waals surface area contributed by atoms with Gasteiger partial charge in [0.25, 0.3) is 0 Å². The Hall–Kier alpha value is -3.17. The quantitative estimate of drug-likeness (QED) is 0.275. The second kappa shape index (κ2) is 7.16. The molecule has 0 N–H and O–H groups in total. The van der Waals surface area contributed by atoms with Crippen LogP contribution in [-0.4, -0.2) is 29.0 Å². The van der Waals surface area contributed by atoms with E-state index in [9.17, 15) is 19.2 Å². The third-order valence-electron chi connectivity index (χ3n) is 6.71. The van der Waals surface area contributed by atoms with Crippen LogP contribution < -0.4 is 4.90 Å². The van der Waals surface area contributed by atoms with E-state index in [0.29, 0.717) is 11.3 Å². The highest BCUT2D eigenvalue weighted by molar-refractivity contribution is 14.1. The lowest BCUT2D eigenvalue weighted by Crippen LogP contribution is -2.51. The van der Waals surface area contributed by atoms with E-state index < -0.39 is 46.9 Å². The number of benzene rings is 3. The van der Waals surface area contributed by atoms with Crippen molar-refractivity contribution in [1.82, 2.24) is 0 Å². The van der Waals surface area contributed by atoms with E-state index in [4.69, 9.17) is 4.74 Å². The highest BCUT2D eigenvalue weighted by Gasteiger charge is 2.74. The van der Waals surface area contributed by atoms with Gasteiger partial charge in [-0.3, -0.25) is 19.2 Å². The number of para-hydroxylation sites is 1. The summed E-state index contributed by atoms with van der Waals surface area (Å²) in [6, 6.07) is 22.4. The highest BCUT2D eigenvalue weighted by Crippen LogP contribution is 2.57. The van der Waals surface area contributed by atoms with Crippen LogP contribution in [0, 0.1) is 15.4 Å². The number of amides is 2. The summed E-state index contributed by atoms with van der Waals surface area (Å²) in [6.07, 6.45) is -0.905. The van der Waals surface area contributed by atoms with Crippen LogP contribution in [0.4, 0.5) is 5.69 Å². The van der Waals surface area contributed by atoms with Crippen LogP contribution in [0.2, 0.25) is 0 Å². The van der Waals surface area contributed by atoms with Crippen molar-refractivity contribution < 1.29 is 23.9 Å². The number of carbonyl (C=O) groups excluding carboxylic acids is 4. The zero-order valence-corrected chi connectivity index (χ0v) is 19.3. The zero-order chi connectivity index (χ0) is 22.9. The van der Waals surface area contributed by atoms with E-state index in [-0.39, 0.29) is 11.1 Å². The molecule has 0 aromatic heterocycles. The van der Waals surface area contributed by atoms with Crippen molar-refractivity contribution in [2.75, 3.05) is 4.90 Å². The van der Waals surface area contributed by atoms with E-state index in [2.05, 4.69) is 22.6 Å². The van der Waals surface area contributed by atoms with Crippen LogP contribution in [0.3, 0.4) is 0 Å². The van der Waals surface area contributed by atoms with Gasteiger partial charge in [-0.2, -0.15) is 0 Å². The van der Waals surface area contributed by atoms with Gasteiger partial charge in [0, 0.05) is 14.7 Å². The Bertz CT molecular complexity index is 1330. The second-order valence-corrected chi connectivity index (χ2v) is 9.63. The SMILES string of the molecule is O=C1[C@@H]2[C@H](c3cccc(I)c3)OC3(C(=O)c4ccccc4C3=O)[C@H]2C(=O)N1c1ccccc1. The first-order chi connectivity index (χ1) is 15.9. The number of Topliss-reactive ketones (excluding diaryl/α,β-unsaturated/α-hetero) is 2. The molecule has 2 heterocycles. The van der Waals surface area contributed by atoms with Crippen molar-refractivity contribution in [2.45, 2.75) is 11.7 Å². The number of hydrogen-bond acceptors (Lipinski definition) is 5. The molecule has 3 aromatic rings. The fourth-order valence-electron chi connectivity index (χ4n) is 5.33. The standard InChI is InChI=1S/C26H16INO5/c27-15-8-6-7-14(13-15)21-19-20(25(32)28(24(19)31)16-9-2-1-3-10-16)26(33-21)22(29)17-11-4-5-12-18(17)23(26)30/h1-13,19-21H/t19-,20+,21-/m0/s1. The minimum Gasteiger partial charge on any atom is -0.349 e. The molecule has 2 saturated heterocycles. The molecular formula is C26H16INO5. The molecule has 2 amide bonds. The first-order valence-electron chi connectivity index (χ1n) is 10.5. The number of halogens is 1. The molecule has 1 aliphatic carbocycles. The first-order valence-corrected chi connectivity index (χ1v) is 11.6. The van der Waals surface area contributed by atoms with Crippen molar-refractivity contribution >= 4 is 51.7 Å². The maximum atomic E-state index is 13.8. The van der Waals surface area contributed by atoms with Crippen LogP contribution in [0.15, 0.2) is 78.9 Å². The molecule has 0 radical (unpaired) electrons. The molecule has 33 heavy (non-hydrogen) atoms. The number of anilines is 1. The van der Waals surface area contributed by atoms with Gasteiger partial charge in [0.1, 0.15) is 0 Å². The van der Waals surface area contributed by atoms with Crippen molar-refractivity contribution in [3.8, 4) is 0 Å². The Morgan fingerprint density at radius 3 is 2.03 bits per heavy atom. The van der Waals surface area contributed by atoms with E-state index >= 15 is 0 Å². The molecule has 3 atom stereocenters. The van der Waals surface area contributed by atoms with Gasteiger partial charge >= 0.3 is 0 Å². The summed E-state index contributed by atoms with van der Waals surface area (Å²) in [5.41, 5.74) is -0.530. The number of ether oxygens (including phenoxy) is 1. The number of imide groups is 1. The Morgan fingerprint density at radius 1 is 0.758 bits per heavy atom. The zero-order valence-electron chi connectivity index (χ0n) is 17.1. The van der Waals surface area contributed by atoms with Gasteiger partial charge in [0.2, 0.25) is 29.0 Å². The summed E-state index contributed by atoms with van der Waals surface area (Å²) in [5, 5.41) is 0. The van der Waals surface area contributed by atoms with Gasteiger partial charge < -0.3 is 4.74 Å². The maximum absolute atomic E-state index is 13.8. The van der Waals surface area contributed by atoms with Crippen LogP contribution >= 0.6 is 22.6 Å². The molecule has 1 spiro atoms. The molecule has 7 heteroatoms. The van der Waals surface area contributed by atoms with Crippen LogP contribution in [0.5, 0.6) is 0 Å². The molecule has 2 fully saturated rings. The molecule has 6 nitrogen and oxygen atoms in total. The number of carbonyl (C=O) groups is 4. The predicted molar refractivity (Wildman–Crippen MR) is 127 cm³/mol. The summed E-state index contributed by atoms with van der Waals surface area (Å²) in [7, 11) is 0. The lowest BCUT2D eigenvalue weighted by atomic mass is 9.77. The van der Waals surface area contributed by atoms with E-state index in [1.165, 1.54) is 0 Å². The van der Waals surface area contributed by atoms with Gasteiger partial charge in [-0.15, -0.1) is 0 Å². The Kier molecular flexibility index (Phi) is 4.44. The minimum atomic E-state index is -2.05. The van der Waals surface area contributed by atoms with Crippen LogP contribution in [0.25, 0.3) is 0 Å². The van der Waals surface area contributed by atoms with Crippen LogP contribution in [0.1, 0.15) is 32.4 Å². The number of hydrogen-bond donors (Lipinski definition) is 0. The van der Waals surface area contributed by atoms with Gasteiger partial charge in [0.15, 0.2) is 0 Å². The number of rotatable bonds is 2. The third kappa shape index (κ3) is 2.63. The normalized spacial score (nSPS) is 25.1. The number of nitrogens with zero attached hydrogens (tertiary/aromatic N) is 1. The molecule has 0 saturated carbocycles. The van der Waals surface area contributed by atoms with Crippen LogP contribution in [-0.2, 0) is 14.3 Å². The molecule has 3 aromatic carbocycles. The smallest absolute Gasteiger partial charge is 0.241 e. The Balaban J connectivity index is 1.56. The molecule has 6 rings (SSSR count). The molecule has 3 aliphatic rings. The summed E-state index contributed by atoms with van der Waals surface area (Å²) in [6.45, 7) is 0. The van der Waals surface area contributed by atoms with Gasteiger partial charge in [-0.25, -0.2) is 4.90 Å². The predicted octanol–water partition coefficient (Wildman–Crippen LogP) is 3.99. The maximum Gasteiger partial charge on any atom is 0.241 e. The van der Waals surface area contributed by atoms with Gasteiger partial charge in [-0.05, 0) is 52.4 Å². The van der Waals surface area contributed by atoms with E-state index in [1.807, 2.05) is 18.2 Å². The lowest BCUT2D eigenvalue weighted by Gasteiger charge is -2.27. The topological polar surface area (TPSA) is 80.8 Å². The Morgan fingerprint density at radius 2 is 1.39 bits per heavy atom. The summed E-state index contributed by atoms with van der Waals surface area (Å²) < 4.78 is 7.19. The molecule has 0 unspecified atom stereocenters. The van der Waals surface area contributed by atoms with Crippen molar-refractivity contribution in [3.05, 3.63) is 99.1 Å². The van der Waals surface area contributed by atoms with Gasteiger partial charge in [-0.1, -0.05) is 54.6 Å². The average Bonchev–Trinajstić information content (AvgIpc) is 3.40. The second-order valence-electron chi connectivity index (χ2n) is 8.38. The largest absolute Gasteiger partial charge is 0.349 e. The summed E-state index contributed by atoms with van der Waals surface area (Å²) in [4.78, 5) is 55.9. The van der Waals surface area contributed by atoms with Gasteiger partial charge in [0.05, 0.1) is 23.6 Å². The van der Waals surface area contributed by atoms with Crippen molar-refractivity contribution in [1.29, 1.82) is 0 Å². The van der Waals surface area contributed by atoms with Crippen molar-refractivity contribution in [2.24, 2.45) is 11.8 Å². The number of ketones is 2. The molecular weight excluding hydrogens is 533 g/mol. The highest BCUT2D eigenvalue weighted by atomic mass is 127. The summed E-state index contributed by atoms with van der Waals surface area (Å²) >= 11 is 2.15. The van der Waals surface area contributed by atoms with E-state index in [1.54, 1.807) is 60.7 Å². The van der Waals surface area contributed by atoms with Crippen molar-refractivity contribution in [3.63, 3.8) is 0 Å². The fourth-order valence-corrected chi connectivity index (χ4v) is 5.90. The molecule has 0 bridgehead atoms. The Labute approximate surface area is 202 Å². The monoisotopic (exact) mass is 549 g/mol. The fraction of sp³-hybridized carbons (Fsp3) is 0.154. The average molecular weight is 549 g/mol. The number of fused-ring (bicyclic) bond motifs is 3. The minimum absolute atomic E-state index is 0.225. The molecule has 2 aliphatic heterocycles. The third-order valence-corrected chi connectivity index (χ3v) is 7.38. The van der Waals surface area contributed by atoms with E-state index in [0.717, 1.165) is 8.47 Å². The first kappa shape index (κ1) is 20.4.